The Morgan fingerprint density at radius 2 is 2.29 bits per heavy atom. The fourth-order valence-corrected chi connectivity index (χ4v) is 0.635. The fraction of sp³-hybridized carbons (Fsp3) is 0.667. The molecule has 0 aliphatic heterocycles. The molecule has 0 spiro atoms. The molecule has 1 radical (unpaired) electrons. The predicted molar refractivity (Wildman–Crippen MR) is 27.6 cm³/mol. The van der Waals surface area contributed by atoms with Gasteiger partial charge in [0, 0.05) is 5.92 Å². The summed E-state index contributed by atoms with van der Waals surface area (Å²) in [5, 5.41) is 0. The first-order valence-electron chi connectivity index (χ1n) is 2.63. The molecule has 0 aromatic rings. The first-order valence-corrected chi connectivity index (χ1v) is 2.63. The van der Waals surface area contributed by atoms with E-state index in [4.69, 9.17) is 0 Å². The lowest BCUT2D eigenvalue weighted by Gasteiger charge is -1.92. The molecule has 0 bridgehead atoms. The molecule has 0 aromatic heterocycles. The average molecular weight is 97.1 g/mol. The van der Waals surface area contributed by atoms with E-state index in [1.165, 1.54) is 12.8 Å². The van der Waals surface area contributed by atoms with Gasteiger partial charge in [-0.25, -0.2) is 0 Å². The van der Waals surface area contributed by atoms with Crippen LogP contribution in [0.15, 0.2) is 0 Å². The van der Waals surface area contributed by atoms with Crippen molar-refractivity contribution in [1.29, 1.82) is 0 Å². The second-order valence-corrected chi connectivity index (χ2v) is 2.14. The second kappa shape index (κ2) is 1.65. The Labute approximate surface area is 43.7 Å². The molecule has 39 valence electrons. The molecule has 0 aromatic carbocycles. The van der Waals surface area contributed by atoms with Crippen molar-refractivity contribution in [1.82, 2.24) is 0 Å². The van der Waals surface area contributed by atoms with Crippen LogP contribution in [0.3, 0.4) is 0 Å². The zero-order chi connectivity index (χ0) is 5.28. The Balaban J connectivity index is 2.22. The van der Waals surface area contributed by atoms with Gasteiger partial charge in [-0.3, -0.25) is 0 Å². The molecule has 7 heavy (non-hydrogen) atoms. The lowest BCUT2D eigenvalue weighted by Crippen LogP contribution is -1.96. The van der Waals surface area contributed by atoms with Crippen LogP contribution in [0.2, 0.25) is 0 Å². The van der Waals surface area contributed by atoms with Gasteiger partial charge in [-0.05, 0) is 25.7 Å². The molecule has 1 rings (SSSR count). The quantitative estimate of drug-likeness (QED) is 0.470. The standard InChI is InChI=1S/C6H9O/c1-5(4-7)6-2-3-6/h4-6H,1-3H2. The van der Waals surface area contributed by atoms with Crippen LogP contribution in [-0.2, 0) is 4.79 Å². The Morgan fingerprint density at radius 3 is 2.43 bits per heavy atom. The highest BCUT2D eigenvalue weighted by Gasteiger charge is 2.27. The predicted octanol–water partition coefficient (Wildman–Crippen LogP) is 1.05. The van der Waals surface area contributed by atoms with E-state index in [0.29, 0.717) is 5.92 Å². The second-order valence-electron chi connectivity index (χ2n) is 2.14. The van der Waals surface area contributed by atoms with E-state index in [2.05, 4.69) is 6.92 Å². The summed E-state index contributed by atoms with van der Waals surface area (Å²) in [5.41, 5.74) is 0. The minimum absolute atomic E-state index is 0.0833. The SMILES string of the molecule is [CH2]C(C=O)C1CC1. The molecular formula is C6H9O. The van der Waals surface area contributed by atoms with Crippen molar-refractivity contribution < 1.29 is 4.79 Å². The first kappa shape index (κ1) is 4.82. The summed E-state index contributed by atoms with van der Waals surface area (Å²) in [6, 6.07) is 0. The topological polar surface area (TPSA) is 17.1 Å². The highest BCUT2D eigenvalue weighted by Crippen LogP contribution is 2.34. The summed E-state index contributed by atoms with van der Waals surface area (Å²) in [5.74, 6) is 0.720. The third kappa shape index (κ3) is 1.02. The van der Waals surface area contributed by atoms with E-state index >= 15 is 0 Å². The summed E-state index contributed by atoms with van der Waals surface area (Å²) in [7, 11) is 0. The van der Waals surface area contributed by atoms with E-state index in [9.17, 15) is 4.79 Å². The van der Waals surface area contributed by atoms with Crippen LogP contribution in [0.1, 0.15) is 12.8 Å². The molecule has 1 heteroatoms. The minimum atomic E-state index is 0.0833. The van der Waals surface area contributed by atoms with Crippen LogP contribution in [0.5, 0.6) is 0 Å². The van der Waals surface area contributed by atoms with Gasteiger partial charge in [0.2, 0.25) is 0 Å². The van der Waals surface area contributed by atoms with Gasteiger partial charge < -0.3 is 4.79 Å². The number of carbonyl (C=O) groups is 1. The van der Waals surface area contributed by atoms with Crippen LogP contribution in [0.25, 0.3) is 0 Å². The third-order valence-corrected chi connectivity index (χ3v) is 1.40. The number of carbonyl (C=O) groups excluding carboxylic acids is 1. The summed E-state index contributed by atoms with van der Waals surface area (Å²) in [6.07, 6.45) is 3.37. The number of hydrogen-bond acceptors (Lipinski definition) is 1. The summed E-state index contributed by atoms with van der Waals surface area (Å²) < 4.78 is 0. The van der Waals surface area contributed by atoms with Gasteiger partial charge in [-0.15, -0.1) is 0 Å². The number of hydrogen-bond donors (Lipinski definition) is 0. The van der Waals surface area contributed by atoms with E-state index in [-0.39, 0.29) is 5.92 Å². The molecular weight excluding hydrogens is 88.1 g/mol. The Kier molecular flexibility index (Phi) is 1.13. The Morgan fingerprint density at radius 1 is 1.71 bits per heavy atom. The van der Waals surface area contributed by atoms with Gasteiger partial charge >= 0.3 is 0 Å². The molecule has 0 saturated heterocycles. The first-order chi connectivity index (χ1) is 3.34. The van der Waals surface area contributed by atoms with Gasteiger partial charge in [0.25, 0.3) is 0 Å². The van der Waals surface area contributed by atoms with Crippen LogP contribution in [0.4, 0.5) is 0 Å². The third-order valence-electron chi connectivity index (χ3n) is 1.40. The number of rotatable bonds is 2. The molecule has 1 aliphatic rings. The van der Waals surface area contributed by atoms with Crippen molar-refractivity contribution in [3.63, 3.8) is 0 Å². The monoisotopic (exact) mass is 97.1 g/mol. The fourth-order valence-electron chi connectivity index (χ4n) is 0.635. The molecule has 0 heterocycles. The Bertz CT molecular complexity index is 74.2. The van der Waals surface area contributed by atoms with Crippen LogP contribution in [-0.4, -0.2) is 6.29 Å². The highest BCUT2D eigenvalue weighted by atomic mass is 16.1. The molecule has 1 aliphatic carbocycles. The van der Waals surface area contributed by atoms with Crippen LogP contribution >= 0.6 is 0 Å². The maximum atomic E-state index is 9.92. The van der Waals surface area contributed by atoms with Crippen LogP contribution in [0, 0.1) is 18.8 Å². The van der Waals surface area contributed by atoms with Crippen molar-refractivity contribution in [2.24, 2.45) is 11.8 Å². The summed E-state index contributed by atoms with van der Waals surface area (Å²) in [4.78, 5) is 9.92. The zero-order valence-electron chi connectivity index (χ0n) is 4.26. The molecule has 1 nitrogen and oxygen atoms in total. The van der Waals surface area contributed by atoms with E-state index in [1.807, 2.05) is 0 Å². The van der Waals surface area contributed by atoms with Crippen LogP contribution < -0.4 is 0 Å². The molecule has 1 fully saturated rings. The van der Waals surface area contributed by atoms with Gasteiger partial charge in [0.05, 0.1) is 0 Å². The lowest BCUT2D eigenvalue weighted by atomic mass is 10.1. The molecule has 1 saturated carbocycles. The van der Waals surface area contributed by atoms with E-state index in [0.717, 1.165) is 6.29 Å². The smallest absolute Gasteiger partial charge is 0.123 e. The number of aldehydes is 1. The molecule has 0 N–H and O–H groups in total. The highest BCUT2D eigenvalue weighted by molar-refractivity contribution is 5.55. The van der Waals surface area contributed by atoms with Gasteiger partial charge in [0.15, 0.2) is 0 Å². The largest absolute Gasteiger partial charge is 0.303 e. The van der Waals surface area contributed by atoms with Crippen molar-refractivity contribution in [3.8, 4) is 0 Å². The minimum Gasteiger partial charge on any atom is -0.303 e. The van der Waals surface area contributed by atoms with Crippen molar-refractivity contribution in [2.75, 3.05) is 0 Å². The van der Waals surface area contributed by atoms with E-state index in [1.54, 1.807) is 0 Å². The lowest BCUT2D eigenvalue weighted by molar-refractivity contribution is -0.110. The average Bonchev–Trinajstić information content (AvgIpc) is 2.44. The summed E-state index contributed by atoms with van der Waals surface area (Å²) in [6.45, 7) is 3.65. The molecule has 1 unspecified atom stereocenters. The van der Waals surface area contributed by atoms with Gasteiger partial charge in [0.1, 0.15) is 6.29 Å². The molecule has 0 amide bonds. The summed E-state index contributed by atoms with van der Waals surface area (Å²) >= 11 is 0. The maximum absolute atomic E-state index is 9.92. The van der Waals surface area contributed by atoms with Crippen molar-refractivity contribution in [3.05, 3.63) is 6.92 Å². The van der Waals surface area contributed by atoms with Gasteiger partial charge in [-0.2, -0.15) is 0 Å². The van der Waals surface area contributed by atoms with Gasteiger partial charge in [-0.1, -0.05) is 0 Å². The maximum Gasteiger partial charge on any atom is 0.123 e. The zero-order valence-corrected chi connectivity index (χ0v) is 4.26. The van der Waals surface area contributed by atoms with Crippen molar-refractivity contribution >= 4 is 6.29 Å². The Hall–Kier alpha value is -0.330. The normalized spacial score (nSPS) is 24.1. The van der Waals surface area contributed by atoms with Crippen molar-refractivity contribution in [2.45, 2.75) is 12.8 Å². The molecule has 1 atom stereocenters. The van der Waals surface area contributed by atoms with E-state index < -0.39 is 0 Å².